The van der Waals surface area contributed by atoms with Crippen LogP contribution in [-0.4, -0.2) is 51.9 Å². The van der Waals surface area contributed by atoms with Crippen LogP contribution in [0.1, 0.15) is 17.2 Å². The van der Waals surface area contributed by atoms with Crippen LogP contribution >= 0.6 is 0 Å². The highest BCUT2D eigenvalue weighted by molar-refractivity contribution is 5.83. The molecule has 1 aromatic heterocycles. The van der Waals surface area contributed by atoms with Crippen LogP contribution in [0.25, 0.3) is 11.0 Å². The maximum atomic E-state index is 12.8. The predicted molar refractivity (Wildman–Crippen MR) is 118 cm³/mol. The third-order valence-electron chi connectivity index (χ3n) is 5.60. The average molecular weight is 439 g/mol. The number of ether oxygens (including phenoxy) is 4. The van der Waals surface area contributed by atoms with E-state index in [0.29, 0.717) is 41.2 Å². The van der Waals surface area contributed by atoms with E-state index in [-0.39, 0.29) is 19.1 Å². The molecule has 2 heterocycles. The molecule has 8 heteroatoms. The summed E-state index contributed by atoms with van der Waals surface area (Å²) in [4.78, 5) is 26.5. The van der Waals surface area contributed by atoms with Gasteiger partial charge in [-0.3, -0.25) is 4.79 Å². The van der Waals surface area contributed by atoms with Gasteiger partial charge in [0.25, 0.3) is 0 Å². The van der Waals surface area contributed by atoms with E-state index in [4.69, 9.17) is 23.4 Å². The van der Waals surface area contributed by atoms with E-state index in [9.17, 15) is 9.59 Å². The van der Waals surface area contributed by atoms with Crippen LogP contribution in [0.5, 0.6) is 17.2 Å². The maximum Gasteiger partial charge on any atom is 0.339 e. The molecule has 0 spiro atoms. The van der Waals surface area contributed by atoms with Gasteiger partial charge in [0.1, 0.15) is 24.5 Å². The summed E-state index contributed by atoms with van der Waals surface area (Å²) in [7, 11) is 4.65. The van der Waals surface area contributed by atoms with E-state index in [1.165, 1.54) is 13.2 Å². The second-order valence-electron chi connectivity index (χ2n) is 7.43. The van der Waals surface area contributed by atoms with Gasteiger partial charge < -0.3 is 28.3 Å². The maximum absolute atomic E-state index is 12.8. The Balaban J connectivity index is 1.72. The fourth-order valence-electron chi connectivity index (χ4n) is 4.08. The van der Waals surface area contributed by atoms with Gasteiger partial charge in [-0.25, -0.2) is 4.79 Å². The SMILES string of the molecule is COCC(=O)N1CCc2cc(OC)c(OC)cc2C1COc1cc(=O)oc2ccccc12. The van der Waals surface area contributed by atoms with Crippen LogP contribution in [-0.2, 0) is 16.0 Å². The zero-order valence-electron chi connectivity index (χ0n) is 18.3. The summed E-state index contributed by atoms with van der Waals surface area (Å²) in [6.07, 6.45) is 0.666. The molecule has 8 nitrogen and oxygen atoms in total. The van der Waals surface area contributed by atoms with Crippen LogP contribution in [0.2, 0.25) is 0 Å². The Morgan fingerprint density at radius 2 is 1.81 bits per heavy atom. The molecule has 0 saturated heterocycles. The molecule has 0 saturated carbocycles. The number of hydrogen-bond acceptors (Lipinski definition) is 7. The monoisotopic (exact) mass is 439 g/mol. The minimum atomic E-state index is -0.499. The number of fused-ring (bicyclic) bond motifs is 2. The van der Waals surface area contributed by atoms with E-state index in [0.717, 1.165) is 11.1 Å². The Bertz CT molecular complexity index is 1190. The Morgan fingerprint density at radius 3 is 2.56 bits per heavy atom. The Hall–Kier alpha value is -3.52. The van der Waals surface area contributed by atoms with Crippen molar-refractivity contribution in [3.05, 3.63) is 64.0 Å². The lowest BCUT2D eigenvalue weighted by atomic mass is 9.92. The molecule has 32 heavy (non-hydrogen) atoms. The molecule has 0 N–H and O–H groups in total. The van der Waals surface area contributed by atoms with Gasteiger partial charge in [-0.05, 0) is 41.8 Å². The van der Waals surface area contributed by atoms with E-state index >= 15 is 0 Å². The number of rotatable bonds is 7. The zero-order chi connectivity index (χ0) is 22.7. The minimum Gasteiger partial charge on any atom is -0.493 e. The van der Waals surface area contributed by atoms with Crippen molar-refractivity contribution in [2.45, 2.75) is 12.5 Å². The number of methoxy groups -OCH3 is 3. The molecule has 0 fully saturated rings. The van der Waals surface area contributed by atoms with Gasteiger partial charge in [-0.2, -0.15) is 0 Å². The van der Waals surface area contributed by atoms with Gasteiger partial charge in [0.05, 0.1) is 31.7 Å². The first-order valence-electron chi connectivity index (χ1n) is 10.2. The average Bonchev–Trinajstić information content (AvgIpc) is 2.81. The van der Waals surface area contributed by atoms with Crippen molar-refractivity contribution >= 4 is 16.9 Å². The van der Waals surface area contributed by atoms with Crippen LogP contribution in [0.15, 0.2) is 51.7 Å². The third-order valence-corrected chi connectivity index (χ3v) is 5.60. The number of para-hydroxylation sites is 1. The quantitative estimate of drug-likeness (QED) is 0.523. The normalized spacial score (nSPS) is 15.3. The summed E-state index contributed by atoms with van der Waals surface area (Å²) in [5, 5.41) is 0.685. The van der Waals surface area contributed by atoms with Crippen molar-refractivity contribution in [1.82, 2.24) is 4.90 Å². The van der Waals surface area contributed by atoms with Crippen molar-refractivity contribution < 1.29 is 28.2 Å². The summed E-state index contributed by atoms with van der Waals surface area (Å²) < 4.78 is 27.4. The molecule has 0 radical (unpaired) electrons. The molecule has 4 rings (SSSR count). The van der Waals surface area contributed by atoms with E-state index in [2.05, 4.69) is 0 Å². The molecule has 2 aromatic carbocycles. The molecule has 1 aliphatic heterocycles. The van der Waals surface area contributed by atoms with Crippen LogP contribution < -0.4 is 19.8 Å². The second-order valence-corrected chi connectivity index (χ2v) is 7.43. The third kappa shape index (κ3) is 4.13. The van der Waals surface area contributed by atoms with E-state index < -0.39 is 11.7 Å². The summed E-state index contributed by atoms with van der Waals surface area (Å²) in [6, 6.07) is 11.9. The fourth-order valence-corrected chi connectivity index (χ4v) is 4.08. The molecule has 1 amide bonds. The highest BCUT2D eigenvalue weighted by Crippen LogP contribution is 2.38. The molecule has 1 unspecified atom stereocenters. The number of carbonyl (C=O) groups excluding carboxylic acids is 1. The molecule has 168 valence electrons. The zero-order valence-corrected chi connectivity index (χ0v) is 18.3. The molecule has 0 bridgehead atoms. The lowest BCUT2D eigenvalue weighted by Crippen LogP contribution is -2.44. The van der Waals surface area contributed by atoms with Gasteiger partial charge in [0.15, 0.2) is 11.5 Å². The van der Waals surface area contributed by atoms with Gasteiger partial charge in [-0.15, -0.1) is 0 Å². The lowest BCUT2D eigenvalue weighted by molar-refractivity contribution is -0.138. The number of nitrogens with zero attached hydrogens (tertiary/aromatic N) is 1. The van der Waals surface area contributed by atoms with Crippen LogP contribution in [0.3, 0.4) is 0 Å². The number of benzene rings is 2. The minimum absolute atomic E-state index is 0.0308. The highest BCUT2D eigenvalue weighted by atomic mass is 16.5. The molecular weight excluding hydrogens is 414 g/mol. The Morgan fingerprint density at radius 1 is 1.06 bits per heavy atom. The fraction of sp³-hybridized carbons (Fsp3) is 0.333. The smallest absolute Gasteiger partial charge is 0.339 e. The summed E-state index contributed by atoms with van der Waals surface area (Å²) >= 11 is 0. The molecule has 0 aliphatic carbocycles. The first-order chi connectivity index (χ1) is 15.5. The number of carbonyl (C=O) groups is 1. The van der Waals surface area contributed by atoms with Crippen molar-refractivity contribution in [3.8, 4) is 17.2 Å². The highest BCUT2D eigenvalue weighted by Gasteiger charge is 2.33. The van der Waals surface area contributed by atoms with Crippen molar-refractivity contribution in [2.24, 2.45) is 0 Å². The topological polar surface area (TPSA) is 87.4 Å². The summed E-state index contributed by atoms with van der Waals surface area (Å²) in [5.74, 6) is 1.47. The van der Waals surface area contributed by atoms with Crippen molar-refractivity contribution in [1.29, 1.82) is 0 Å². The molecular formula is C24H25NO7. The van der Waals surface area contributed by atoms with Gasteiger partial charge in [-0.1, -0.05) is 12.1 Å². The number of hydrogen-bond donors (Lipinski definition) is 0. The van der Waals surface area contributed by atoms with Crippen molar-refractivity contribution in [3.63, 3.8) is 0 Å². The first-order valence-corrected chi connectivity index (χ1v) is 10.2. The van der Waals surface area contributed by atoms with Gasteiger partial charge in [0, 0.05) is 13.7 Å². The Kier molecular flexibility index (Phi) is 6.32. The molecule has 1 aliphatic rings. The standard InChI is InChI=1S/C24H25NO7/c1-28-14-23(26)25-9-8-15-10-21(29-2)22(30-3)11-17(15)18(25)13-31-20-12-24(27)32-19-7-5-4-6-16(19)20/h4-7,10-12,18H,8-9,13-14H2,1-3H3. The first kappa shape index (κ1) is 21.7. The van der Waals surface area contributed by atoms with Gasteiger partial charge >= 0.3 is 5.63 Å². The van der Waals surface area contributed by atoms with E-state index in [1.807, 2.05) is 24.3 Å². The van der Waals surface area contributed by atoms with Crippen LogP contribution in [0, 0.1) is 0 Å². The van der Waals surface area contributed by atoms with Crippen LogP contribution in [0.4, 0.5) is 0 Å². The Labute approximate surface area is 185 Å². The van der Waals surface area contributed by atoms with E-state index in [1.54, 1.807) is 31.3 Å². The second kappa shape index (κ2) is 9.32. The number of amides is 1. The molecule has 3 aromatic rings. The lowest BCUT2D eigenvalue weighted by Gasteiger charge is -2.37. The summed E-state index contributed by atoms with van der Waals surface area (Å²) in [5.41, 5.74) is 1.90. The van der Waals surface area contributed by atoms with Gasteiger partial charge in [0.2, 0.25) is 5.91 Å². The molecule has 1 atom stereocenters. The predicted octanol–water partition coefficient (Wildman–Crippen LogP) is 2.96. The van der Waals surface area contributed by atoms with Crippen molar-refractivity contribution in [2.75, 3.05) is 41.1 Å². The summed E-state index contributed by atoms with van der Waals surface area (Å²) in [6.45, 7) is 0.624. The largest absolute Gasteiger partial charge is 0.493 e.